The molecule has 1 aliphatic rings. The van der Waals surface area contributed by atoms with E-state index in [2.05, 4.69) is 0 Å². The molecule has 3 rings (SSSR count). The summed E-state index contributed by atoms with van der Waals surface area (Å²) in [5, 5.41) is 11.2. The molecule has 6 heteroatoms. The number of imide groups is 1. The van der Waals surface area contributed by atoms with Gasteiger partial charge in [-0.1, -0.05) is 68.2 Å². The molecule has 0 aliphatic carbocycles. The van der Waals surface area contributed by atoms with Gasteiger partial charge < -0.3 is 5.11 Å². The Hall–Kier alpha value is -1.88. The summed E-state index contributed by atoms with van der Waals surface area (Å²) in [6.45, 7) is 5.32. The fourth-order valence-electron chi connectivity index (χ4n) is 3.42. The molecule has 1 saturated heterocycles. The average molecular weight is 420 g/mol. The van der Waals surface area contributed by atoms with E-state index in [0.717, 1.165) is 16.7 Å². The molecule has 2 aromatic rings. The van der Waals surface area contributed by atoms with Crippen molar-refractivity contribution in [2.45, 2.75) is 45.8 Å². The molecule has 1 fully saturated rings. The first-order chi connectivity index (χ1) is 13.1. The maximum atomic E-state index is 12.7. The molecule has 0 saturated carbocycles. The van der Waals surface area contributed by atoms with Crippen molar-refractivity contribution in [3.8, 4) is 11.1 Å². The number of carbonyl (C=O) groups excluding carboxylic acids is 2. The molecule has 0 aromatic heterocycles. The summed E-state index contributed by atoms with van der Waals surface area (Å²) in [4.78, 5) is 26.3. The van der Waals surface area contributed by atoms with Gasteiger partial charge in [-0.15, -0.1) is 0 Å². The minimum Gasteiger partial charge on any atom is -0.383 e. The number of hydrogen-bond acceptors (Lipinski definition) is 3. The van der Waals surface area contributed by atoms with E-state index in [1.54, 1.807) is 32.9 Å². The van der Waals surface area contributed by atoms with Crippen LogP contribution in [0, 0.1) is 5.41 Å². The molecule has 0 radical (unpaired) electrons. The van der Waals surface area contributed by atoms with Gasteiger partial charge in [-0.2, -0.15) is 0 Å². The first kappa shape index (κ1) is 20.8. The molecule has 1 aliphatic heterocycles. The Labute approximate surface area is 175 Å². The van der Waals surface area contributed by atoms with Gasteiger partial charge in [0.05, 0.1) is 0 Å². The molecule has 2 atom stereocenters. The molecule has 148 valence electrons. The number of halogens is 2. The zero-order valence-electron chi connectivity index (χ0n) is 16.1. The van der Waals surface area contributed by atoms with Crippen LogP contribution in [0.15, 0.2) is 42.5 Å². The van der Waals surface area contributed by atoms with Crippen LogP contribution in [-0.4, -0.2) is 34.0 Å². The van der Waals surface area contributed by atoms with Crippen LogP contribution in [0.1, 0.15) is 32.8 Å². The SMILES string of the molecule is CC(C)(C)C(=O)N1C(=O)[C@H](O)C[C@H]1Cc1ccc(-c2cc(Cl)ccc2Cl)cc1. The number of likely N-dealkylation sites (tertiary alicyclic amines) is 1. The molecule has 1 N–H and O–H groups in total. The van der Waals surface area contributed by atoms with Crippen molar-refractivity contribution < 1.29 is 14.7 Å². The highest BCUT2D eigenvalue weighted by Gasteiger charge is 2.45. The molecule has 0 bridgehead atoms. The van der Waals surface area contributed by atoms with Gasteiger partial charge in [0.1, 0.15) is 6.10 Å². The number of carbonyl (C=O) groups is 2. The summed E-state index contributed by atoms with van der Waals surface area (Å²) in [5.74, 6) is -0.770. The summed E-state index contributed by atoms with van der Waals surface area (Å²) >= 11 is 12.3. The minimum atomic E-state index is -1.12. The van der Waals surface area contributed by atoms with Gasteiger partial charge >= 0.3 is 0 Å². The quantitative estimate of drug-likeness (QED) is 0.781. The smallest absolute Gasteiger partial charge is 0.258 e. The lowest BCUT2D eigenvalue weighted by molar-refractivity contribution is -0.151. The number of aliphatic hydroxyl groups is 1. The lowest BCUT2D eigenvalue weighted by Gasteiger charge is -2.29. The van der Waals surface area contributed by atoms with Crippen molar-refractivity contribution in [3.05, 3.63) is 58.1 Å². The van der Waals surface area contributed by atoms with Gasteiger partial charge in [-0.3, -0.25) is 14.5 Å². The first-order valence-electron chi connectivity index (χ1n) is 9.18. The Balaban J connectivity index is 1.82. The van der Waals surface area contributed by atoms with Crippen LogP contribution in [-0.2, 0) is 16.0 Å². The fraction of sp³-hybridized carbons (Fsp3) is 0.364. The van der Waals surface area contributed by atoms with E-state index in [0.29, 0.717) is 16.5 Å². The van der Waals surface area contributed by atoms with Crippen LogP contribution in [0.5, 0.6) is 0 Å². The second kappa shape index (κ2) is 7.86. The lowest BCUT2D eigenvalue weighted by atomic mass is 9.93. The summed E-state index contributed by atoms with van der Waals surface area (Å²) in [6, 6.07) is 12.7. The van der Waals surface area contributed by atoms with Gasteiger partial charge in [-0.25, -0.2) is 0 Å². The van der Waals surface area contributed by atoms with Crippen LogP contribution >= 0.6 is 23.2 Å². The van der Waals surface area contributed by atoms with Crippen molar-refractivity contribution in [2.75, 3.05) is 0 Å². The number of rotatable bonds is 3. The second-order valence-electron chi connectivity index (χ2n) is 8.19. The topological polar surface area (TPSA) is 57.6 Å². The Morgan fingerprint density at radius 2 is 1.79 bits per heavy atom. The van der Waals surface area contributed by atoms with Crippen LogP contribution in [0.4, 0.5) is 0 Å². The predicted octanol–water partition coefficient (Wildman–Crippen LogP) is 4.74. The highest BCUT2D eigenvalue weighted by Crippen LogP contribution is 2.32. The van der Waals surface area contributed by atoms with Crippen LogP contribution in [0.3, 0.4) is 0 Å². The van der Waals surface area contributed by atoms with Crippen molar-refractivity contribution in [1.82, 2.24) is 4.90 Å². The maximum absolute atomic E-state index is 12.7. The van der Waals surface area contributed by atoms with E-state index in [-0.39, 0.29) is 18.4 Å². The Kier molecular flexibility index (Phi) is 5.85. The van der Waals surface area contributed by atoms with Crippen LogP contribution in [0.2, 0.25) is 10.0 Å². The molecule has 0 unspecified atom stereocenters. The third kappa shape index (κ3) is 4.24. The maximum Gasteiger partial charge on any atom is 0.258 e. The number of hydrogen-bond donors (Lipinski definition) is 1. The highest BCUT2D eigenvalue weighted by molar-refractivity contribution is 6.35. The molecule has 1 heterocycles. The predicted molar refractivity (Wildman–Crippen MR) is 111 cm³/mol. The van der Waals surface area contributed by atoms with E-state index < -0.39 is 17.4 Å². The largest absolute Gasteiger partial charge is 0.383 e. The highest BCUT2D eigenvalue weighted by atomic mass is 35.5. The number of benzene rings is 2. The Bertz CT molecular complexity index is 903. The molecule has 28 heavy (non-hydrogen) atoms. The van der Waals surface area contributed by atoms with Gasteiger partial charge in [0.15, 0.2) is 0 Å². The van der Waals surface area contributed by atoms with E-state index >= 15 is 0 Å². The summed E-state index contributed by atoms with van der Waals surface area (Å²) in [5.41, 5.74) is 2.06. The normalized spacial score (nSPS) is 19.9. The third-order valence-corrected chi connectivity index (χ3v) is 5.47. The van der Waals surface area contributed by atoms with Gasteiger partial charge in [0.25, 0.3) is 5.91 Å². The standard InChI is InChI=1S/C22H23Cl2NO3/c1-22(2,3)21(28)25-16(12-19(26)20(25)27)10-13-4-6-14(7-5-13)17-11-15(23)8-9-18(17)24/h4-9,11,16,19,26H,10,12H2,1-3H3/t16-,19-/m1/s1. The second-order valence-corrected chi connectivity index (χ2v) is 9.04. The monoisotopic (exact) mass is 419 g/mol. The molecule has 0 spiro atoms. The molecule has 2 aromatic carbocycles. The van der Waals surface area contributed by atoms with Crippen LogP contribution in [0.25, 0.3) is 11.1 Å². The van der Waals surface area contributed by atoms with Gasteiger partial charge in [0.2, 0.25) is 5.91 Å². The number of aliphatic hydroxyl groups excluding tert-OH is 1. The summed E-state index contributed by atoms with van der Waals surface area (Å²) < 4.78 is 0. The minimum absolute atomic E-state index is 0.253. The van der Waals surface area contributed by atoms with E-state index in [9.17, 15) is 14.7 Å². The number of nitrogens with zero attached hydrogens (tertiary/aromatic N) is 1. The van der Waals surface area contributed by atoms with E-state index in [4.69, 9.17) is 23.2 Å². The van der Waals surface area contributed by atoms with Crippen molar-refractivity contribution in [1.29, 1.82) is 0 Å². The average Bonchev–Trinajstić information content (AvgIpc) is 2.90. The van der Waals surface area contributed by atoms with Crippen LogP contribution < -0.4 is 0 Å². The molecular weight excluding hydrogens is 397 g/mol. The van der Waals surface area contributed by atoms with Gasteiger partial charge in [-0.05, 0) is 35.7 Å². The van der Waals surface area contributed by atoms with Crippen molar-refractivity contribution in [3.63, 3.8) is 0 Å². The summed E-state index contributed by atoms with van der Waals surface area (Å²) in [7, 11) is 0. The first-order valence-corrected chi connectivity index (χ1v) is 9.93. The lowest BCUT2D eigenvalue weighted by Crippen LogP contribution is -2.46. The molecule has 4 nitrogen and oxygen atoms in total. The van der Waals surface area contributed by atoms with E-state index in [1.807, 2.05) is 30.3 Å². The summed E-state index contributed by atoms with van der Waals surface area (Å²) in [6.07, 6.45) is -0.377. The third-order valence-electron chi connectivity index (χ3n) is 4.91. The fourth-order valence-corrected chi connectivity index (χ4v) is 3.82. The van der Waals surface area contributed by atoms with Crippen molar-refractivity contribution >= 4 is 35.0 Å². The Morgan fingerprint density at radius 3 is 2.39 bits per heavy atom. The van der Waals surface area contributed by atoms with E-state index in [1.165, 1.54) is 4.90 Å². The number of amides is 2. The van der Waals surface area contributed by atoms with Crippen molar-refractivity contribution in [2.24, 2.45) is 5.41 Å². The zero-order valence-corrected chi connectivity index (χ0v) is 17.6. The zero-order chi connectivity index (χ0) is 20.6. The molecular formula is C22H23Cl2NO3. The Morgan fingerprint density at radius 1 is 1.14 bits per heavy atom. The molecule has 2 amide bonds. The van der Waals surface area contributed by atoms with Gasteiger partial charge in [0, 0.05) is 33.5 Å².